The Morgan fingerprint density at radius 2 is 1.90 bits per heavy atom. The first-order valence-electron chi connectivity index (χ1n) is 8.99. The van der Waals surface area contributed by atoms with Crippen LogP contribution in [-0.4, -0.2) is 20.5 Å². The predicted octanol–water partition coefficient (Wildman–Crippen LogP) is 6.60. The molecule has 0 fully saturated rings. The minimum Gasteiger partial charge on any atom is -0.321 e. The molecule has 4 rings (SSSR count). The van der Waals surface area contributed by atoms with Gasteiger partial charge in [0.1, 0.15) is 0 Å². The number of aryl methyl sites for hydroxylation is 1. The molecule has 0 saturated heterocycles. The second-order valence-electron chi connectivity index (χ2n) is 6.53. The maximum atomic E-state index is 13.7. The number of aromatic nitrogens is 3. The van der Waals surface area contributed by atoms with Gasteiger partial charge in [-0.15, -0.1) is 11.3 Å². The minimum atomic E-state index is -4.69. The van der Waals surface area contributed by atoms with Gasteiger partial charge in [-0.3, -0.25) is 4.79 Å². The van der Waals surface area contributed by atoms with Crippen molar-refractivity contribution >= 4 is 51.8 Å². The van der Waals surface area contributed by atoms with E-state index in [0.29, 0.717) is 20.1 Å². The highest BCUT2D eigenvalue weighted by Crippen LogP contribution is 2.34. The first-order chi connectivity index (χ1) is 14.7. The van der Waals surface area contributed by atoms with E-state index in [1.165, 1.54) is 35.6 Å². The first-order valence-corrected chi connectivity index (χ1v) is 10.6. The van der Waals surface area contributed by atoms with Gasteiger partial charge in [0.25, 0.3) is 5.91 Å². The van der Waals surface area contributed by atoms with E-state index in [-0.39, 0.29) is 22.1 Å². The summed E-state index contributed by atoms with van der Waals surface area (Å²) >= 11 is 13.1. The molecule has 5 nitrogen and oxygen atoms in total. The zero-order valence-corrected chi connectivity index (χ0v) is 18.1. The highest BCUT2D eigenvalue weighted by Gasteiger charge is 2.35. The van der Waals surface area contributed by atoms with E-state index in [1.807, 2.05) is 13.0 Å². The lowest BCUT2D eigenvalue weighted by Gasteiger charge is -2.10. The van der Waals surface area contributed by atoms with Crippen LogP contribution in [-0.2, 0) is 12.6 Å². The molecule has 0 aliphatic heterocycles. The van der Waals surface area contributed by atoms with Gasteiger partial charge < -0.3 is 5.32 Å². The Balaban J connectivity index is 1.76. The van der Waals surface area contributed by atoms with E-state index in [2.05, 4.69) is 15.4 Å². The molecule has 0 saturated carbocycles. The quantitative estimate of drug-likeness (QED) is 0.355. The third-order valence-electron chi connectivity index (χ3n) is 4.39. The number of fused-ring (bicyclic) bond motifs is 1. The van der Waals surface area contributed by atoms with Gasteiger partial charge in [-0.1, -0.05) is 30.1 Å². The van der Waals surface area contributed by atoms with Crippen LogP contribution < -0.4 is 5.32 Å². The molecule has 11 heteroatoms. The van der Waals surface area contributed by atoms with Gasteiger partial charge in [0.15, 0.2) is 17.0 Å². The first kappa shape index (κ1) is 21.6. The Hall–Kier alpha value is -2.62. The van der Waals surface area contributed by atoms with Crippen molar-refractivity contribution in [3.05, 3.63) is 68.8 Å². The van der Waals surface area contributed by atoms with E-state index in [1.54, 1.807) is 6.07 Å². The summed E-state index contributed by atoms with van der Waals surface area (Å²) < 4.78 is 41.8. The van der Waals surface area contributed by atoms with Crippen LogP contribution >= 0.6 is 34.5 Å². The summed E-state index contributed by atoms with van der Waals surface area (Å²) in [5, 5.41) is 6.90. The number of alkyl halides is 3. The van der Waals surface area contributed by atoms with Gasteiger partial charge in [-0.05, 0) is 42.8 Å². The summed E-state index contributed by atoms with van der Waals surface area (Å²) in [5.41, 5.74) is -0.836. The third-order valence-corrected chi connectivity index (χ3v) is 6.38. The molecule has 0 aliphatic carbocycles. The average molecular weight is 485 g/mol. The molecule has 0 atom stereocenters. The third kappa shape index (κ3) is 4.39. The zero-order chi connectivity index (χ0) is 22.3. The average Bonchev–Trinajstić information content (AvgIpc) is 3.36. The van der Waals surface area contributed by atoms with Crippen molar-refractivity contribution in [1.82, 2.24) is 14.6 Å². The normalized spacial score (nSPS) is 11.8. The number of amides is 1. The van der Waals surface area contributed by atoms with Gasteiger partial charge in [0, 0.05) is 16.6 Å². The summed E-state index contributed by atoms with van der Waals surface area (Å²) in [7, 11) is 0. The molecule has 3 heterocycles. The van der Waals surface area contributed by atoms with Crippen molar-refractivity contribution in [1.29, 1.82) is 0 Å². The van der Waals surface area contributed by atoms with Crippen molar-refractivity contribution in [2.24, 2.45) is 0 Å². The predicted molar refractivity (Wildman–Crippen MR) is 115 cm³/mol. The number of carbonyl (C=O) groups excluding carboxylic acids is 1. The van der Waals surface area contributed by atoms with Crippen LogP contribution in [0.4, 0.5) is 18.9 Å². The van der Waals surface area contributed by atoms with Crippen LogP contribution in [0.25, 0.3) is 16.2 Å². The van der Waals surface area contributed by atoms with E-state index in [4.69, 9.17) is 23.2 Å². The summed E-state index contributed by atoms with van der Waals surface area (Å²) in [4.78, 5) is 18.5. The fraction of sp³-hybridized carbons (Fsp3) is 0.150. The molecule has 1 N–H and O–H groups in total. The molecule has 0 aliphatic rings. The number of nitrogens with zero attached hydrogens (tertiary/aromatic N) is 3. The second kappa shape index (κ2) is 8.14. The Morgan fingerprint density at radius 3 is 2.55 bits per heavy atom. The molecule has 31 heavy (non-hydrogen) atoms. The largest absolute Gasteiger partial charge is 0.433 e. The summed E-state index contributed by atoms with van der Waals surface area (Å²) in [6.07, 6.45) is -3.92. The van der Waals surface area contributed by atoms with Crippen LogP contribution in [0.3, 0.4) is 0 Å². The summed E-state index contributed by atoms with van der Waals surface area (Å²) in [6, 6.07) is 10.2. The van der Waals surface area contributed by atoms with Crippen LogP contribution in [0, 0.1) is 0 Å². The zero-order valence-electron chi connectivity index (χ0n) is 15.8. The number of nitrogens with one attached hydrogen (secondary N) is 1. The topological polar surface area (TPSA) is 59.3 Å². The monoisotopic (exact) mass is 484 g/mol. The Kier molecular flexibility index (Phi) is 5.67. The van der Waals surface area contributed by atoms with E-state index in [9.17, 15) is 18.0 Å². The SMILES string of the molecule is CCc1ccc(-c2cc(C(F)(F)F)n3nc(C(=O)Nc4ccc(Cl)c(Cl)c4)cc3n2)s1. The van der Waals surface area contributed by atoms with Gasteiger partial charge in [-0.2, -0.15) is 18.3 Å². The standard InChI is InChI=1S/C20H13Cl2F3N4OS/c1-2-11-4-6-16(31-11)14-8-17(20(23,24)25)29-18(27-14)9-15(28-29)19(30)26-10-3-5-12(21)13(22)7-10/h3-9H,2H2,1H3,(H,26,30). The minimum absolute atomic E-state index is 0.0874. The lowest BCUT2D eigenvalue weighted by Crippen LogP contribution is -2.15. The molecule has 0 radical (unpaired) electrons. The molecule has 1 aromatic carbocycles. The van der Waals surface area contributed by atoms with Gasteiger partial charge in [0.05, 0.1) is 20.6 Å². The number of carbonyl (C=O) groups is 1. The summed E-state index contributed by atoms with van der Waals surface area (Å²) in [6.45, 7) is 1.96. The lowest BCUT2D eigenvalue weighted by atomic mass is 10.2. The lowest BCUT2D eigenvalue weighted by molar-refractivity contribution is -0.142. The Morgan fingerprint density at radius 1 is 1.13 bits per heavy atom. The molecule has 1 amide bonds. The van der Waals surface area contributed by atoms with Crippen LogP contribution in [0.1, 0.15) is 28.0 Å². The number of anilines is 1. The van der Waals surface area contributed by atoms with E-state index >= 15 is 0 Å². The molecule has 0 unspecified atom stereocenters. The highest BCUT2D eigenvalue weighted by molar-refractivity contribution is 7.15. The second-order valence-corrected chi connectivity index (χ2v) is 8.51. The van der Waals surface area contributed by atoms with E-state index in [0.717, 1.165) is 17.4 Å². The number of rotatable bonds is 4. The Bertz CT molecular complexity index is 1300. The molecular formula is C20H13Cl2F3N4OS. The maximum Gasteiger partial charge on any atom is 0.433 e. The van der Waals surface area contributed by atoms with Crippen LogP contribution in [0.5, 0.6) is 0 Å². The molecule has 0 spiro atoms. The number of thiophene rings is 1. The smallest absolute Gasteiger partial charge is 0.321 e. The Labute approximate surface area is 188 Å². The number of hydrogen-bond donors (Lipinski definition) is 1. The van der Waals surface area contributed by atoms with Crippen LogP contribution in [0.2, 0.25) is 10.0 Å². The van der Waals surface area contributed by atoms with Crippen molar-refractivity contribution in [3.63, 3.8) is 0 Å². The fourth-order valence-electron chi connectivity index (χ4n) is 2.89. The van der Waals surface area contributed by atoms with E-state index < -0.39 is 17.8 Å². The maximum absolute atomic E-state index is 13.7. The molecule has 0 bridgehead atoms. The summed E-state index contributed by atoms with van der Waals surface area (Å²) in [5.74, 6) is -0.706. The van der Waals surface area contributed by atoms with Gasteiger partial charge in [0.2, 0.25) is 0 Å². The number of hydrogen-bond acceptors (Lipinski definition) is 4. The number of halogens is 5. The van der Waals surface area contributed by atoms with Gasteiger partial charge in [-0.25, -0.2) is 9.50 Å². The fourth-order valence-corrected chi connectivity index (χ4v) is 4.09. The molecule has 160 valence electrons. The number of benzene rings is 1. The van der Waals surface area contributed by atoms with Crippen molar-refractivity contribution in [2.45, 2.75) is 19.5 Å². The van der Waals surface area contributed by atoms with Gasteiger partial charge >= 0.3 is 6.18 Å². The molecule has 4 aromatic rings. The molecular weight excluding hydrogens is 472 g/mol. The molecule has 3 aromatic heterocycles. The van der Waals surface area contributed by atoms with Crippen LogP contribution in [0.15, 0.2) is 42.5 Å². The highest BCUT2D eigenvalue weighted by atomic mass is 35.5. The van der Waals surface area contributed by atoms with Crippen molar-refractivity contribution < 1.29 is 18.0 Å². The van der Waals surface area contributed by atoms with Crippen molar-refractivity contribution in [3.8, 4) is 10.6 Å². The van der Waals surface area contributed by atoms with Crippen molar-refractivity contribution in [2.75, 3.05) is 5.32 Å².